The highest BCUT2D eigenvalue weighted by Gasteiger charge is 2.27. The standard InChI is InChI=1S/C23H24ClFN4O3/c1-23(2,3)32-22(31)29-9-7-28(8-10-29)20-18(25)11-14(13-26-20)19-12-16-15(21(30)27-19)5-4-6-17(16)24/h4-6,11-13H,7-10H2,1-3H3,(H,27,30). The van der Waals surface area contributed by atoms with Gasteiger partial charge in [0.15, 0.2) is 11.6 Å². The number of halogens is 2. The summed E-state index contributed by atoms with van der Waals surface area (Å²) in [5, 5.41) is 1.51. The van der Waals surface area contributed by atoms with E-state index in [-0.39, 0.29) is 17.5 Å². The summed E-state index contributed by atoms with van der Waals surface area (Å²) < 4.78 is 20.4. The number of carbonyl (C=O) groups excluding carboxylic acids is 1. The normalized spacial score (nSPS) is 14.7. The number of nitrogens with zero attached hydrogens (tertiary/aromatic N) is 3. The van der Waals surface area contributed by atoms with Gasteiger partial charge in [-0.25, -0.2) is 14.2 Å². The maximum atomic E-state index is 15.0. The van der Waals surface area contributed by atoms with Gasteiger partial charge in [0.25, 0.3) is 5.56 Å². The van der Waals surface area contributed by atoms with Gasteiger partial charge in [0.2, 0.25) is 0 Å². The topological polar surface area (TPSA) is 78.5 Å². The molecule has 1 amide bonds. The van der Waals surface area contributed by atoms with Gasteiger partial charge in [0.05, 0.1) is 5.69 Å². The van der Waals surface area contributed by atoms with Crippen LogP contribution in [0.15, 0.2) is 41.3 Å². The van der Waals surface area contributed by atoms with Crippen molar-refractivity contribution in [1.29, 1.82) is 0 Å². The molecule has 0 unspecified atom stereocenters. The fraction of sp³-hybridized carbons (Fsp3) is 0.348. The van der Waals surface area contributed by atoms with E-state index in [1.165, 1.54) is 12.3 Å². The van der Waals surface area contributed by atoms with Gasteiger partial charge in [-0.1, -0.05) is 17.7 Å². The Morgan fingerprint density at radius 1 is 1.16 bits per heavy atom. The van der Waals surface area contributed by atoms with Crippen LogP contribution in [-0.4, -0.2) is 52.7 Å². The first kappa shape index (κ1) is 22.1. The molecule has 9 heteroatoms. The average molecular weight is 459 g/mol. The molecule has 4 rings (SSSR count). The van der Waals surface area contributed by atoms with Gasteiger partial charge in [-0.3, -0.25) is 4.79 Å². The number of aromatic amines is 1. The third kappa shape index (κ3) is 4.55. The van der Waals surface area contributed by atoms with Gasteiger partial charge in [-0.2, -0.15) is 0 Å². The van der Waals surface area contributed by atoms with Crippen molar-refractivity contribution in [1.82, 2.24) is 14.9 Å². The summed E-state index contributed by atoms with van der Waals surface area (Å²) in [7, 11) is 0. The number of fused-ring (bicyclic) bond motifs is 1. The Morgan fingerprint density at radius 3 is 2.53 bits per heavy atom. The van der Waals surface area contributed by atoms with Crippen molar-refractivity contribution in [2.24, 2.45) is 0 Å². The largest absolute Gasteiger partial charge is 0.444 e. The minimum absolute atomic E-state index is 0.207. The fourth-order valence-electron chi connectivity index (χ4n) is 3.65. The molecule has 1 aliphatic heterocycles. The SMILES string of the molecule is CC(C)(C)OC(=O)N1CCN(c2ncc(-c3cc4c(Cl)cccc4c(=O)[nH]3)cc2F)CC1. The van der Waals surface area contributed by atoms with Crippen LogP contribution in [0.4, 0.5) is 15.0 Å². The number of nitrogens with one attached hydrogen (secondary N) is 1. The Balaban J connectivity index is 1.53. The third-order valence-electron chi connectivity index (χ3n) is 5.20. The number of hydrogen-bond donors (Lipinski definition) is 1. The molecule has 0 radical (unpaired) electrons. The van der Waals surface area contributed by atoms with Gasteiger partial charge in [0.1, 0.15) is 5.60 Å². The first-order valence-electron chi connectivity index (χ1n) is 10.3. The van der Waals surface area contributed by atoms with Gasteiger partial charge >= 0.3 is 6.09 Å². The molecule has 0 atom stereocenters. The van der Waals surface area contributed by atoms with Crippen molar-refractivity contribution >= 4 is 34.3 Å². The summed E-state index contributed by atoms with van der Waals surface area (Å²) in [6.45, 7) is 7.15. The Bertz CT molecular complexity index is 1230. The Kier molecular flexibility index (Phi) is 5.81. The summed E-state index contributed by atoms with van der Waals surface area (Å²) in [6.07, 6.45) is 1.15. The van der Waals surface area contributed by atoms with E-state index in [1.807, 2.05) is 20.8 Å². The number of rotatable bonds is 2. The molecule has 2 aromatic heterocycles. The summed E-state index contributed by atoms with van der Waals surface area (Å²) in [5.74, 6) is -0.299. The predicted molar refractivity (Wildman–Crippen MR) is 123 cm³/mol. The molecule has 1 aromatic carbocycles. The van der Waals surface area contributed by atoms with Crippen LogP contribution in [0.25, 0.3) is 22.0 Å². The number of piperazine rings is 1. The zero-order chi connectivity index (χ0) is 23.0. The van der Waals surface area contributed by atoms with Crippen LogP contribution in [0, 0.1) is 5.82 Å². The van der Waals surface area contributed by atoms with E-state index < -0.39 is 11.4 Å². The van der Waals surface area contributed by atoms with Crippen molar-refractivity contribution in [2.75, 3.05) is 31.1 Å². The molecule has 7 nitrogen and oxygen atoms in total. The monoisotopic (exact) mass is 458 g/mol. The van der Waals surface area contributed by atoms with E-state index in [4.69, 9.17) is 16.3 Å². The Labute approximate surface area is 189 Å². The van der Waals surface area contributed by atoms with E-state index in [9.17, 15) is 14.0 Å². The molecule has 32 heavy (non-hydrogen) atoms. The highest BCUT2D eigenvalue weighted by Crippen LogP contribution is 2.27. The second-order valence-electron chi connectivity index (χ2n) is 8.70. The number of benzene rings is 1. The second kappa shape index (κ2) is 8.43. The number of ether oxygens (including phenoxy) is 1. The first-order chi connectivity index (χ1) is 15.1. The zero-order valence-corrected chi connectivity index (χ0v) is 18.9. The van der Waals surface area contributed by atoms with E-state index in [0.29, 0.717) is 53.2 Å². The van der Waals surface area contributed by atoms with Gasteiger partial charge in [-0.15, -0.1) is 0 Å². The average Bonchev–Trinajstić information content (AvgIpc) is 2.73. The van der Waals surface area contributed by atoms with Crippen LogP contribution in [0.2, 0.25) is 5.02 Å². The van der Waals surface area contributed by atoms with E-state index >= 15 is 0 Å². The molecule has 1 saturated heterocycles. The minimum atomic E-state index is -0.564. The number of anilines is 1. The lowest BCUT2D eigenvalue weighted by molar-refractivity contribution is 0.0240. The molecule has 0 saturated carbocycles. The smallest absolute Gasteiger partial charge is 0.410 e. The minimum Gasteiger partial charge on any atom is -0.444 e. The van der Waals surface area contributed by atoms with Crippen molar-refractivity contribution in [3.8, 4) is 11.3 Å². The van der Waals surface area contributed by atoms with Gasteiger partial charge in [-0.05, 0) is 45.0 Å². The lowest BCUT2D eigenvalue weighted by Crippen LogP contribution is -2.50. The molecule has 168 valence electrons. The number of pyridine rings is 2. The molecule has 1 fully saturated rings. The Morgan fingerprint density at radius 2 is 1.88 bits per heavy atom. The summed E-state index contributed by atoms with van der Waals surface area (Å²) in [5.41, 5.74) is 0.00897. The Hall–Kier alpha value is -3.13. The van der Waals surface area contributed by atoms with Crippen LogP contribution in [-0.2, 0) is 4.74 Å². The number of hydrogen-bond acceptors (Lipinski definition) is 5. The van der Waals surface area contributed by atoms with Crippen molar-refractivity contribution in [2.45, 2.75) is 26.4 Å². The van der Waals surface area contributed by atoms with Crippen LogP contribution in [0.1, 0.15) is 20.8 Å². The van der Waals surface area contributed by atoms with Gasteiger partial charge < -0.3 is 19.5 Å². The molecule has 1 aliphatic rings. The van der Waals surface area contributed by atoms with E-state index in [2.05, 4.69) is 9.97 Å². The molecule has 3 aromatic rings. The molecular weight excluding hydrogens is 435 g/mol. The predicted octanol–water partition coefficient (Wildman–Crippen LogP) is 4.44. The highest BCUT2D eigenvalue weighted by atomic mass is 35.5. The number of H-pyrrole nitrogens is 1. The number of amides is 1. The molecule has 0 spiro atoms. The molecule has 1 N–H and O–H groups in total. The van der Waals surface area contributed by atoms with Crippen molar-refractivity contribution < 1.29 is 13.9 Å². The second-order valence-corrected chi connectivity index (χ2v) is 9.10. The molecule has 0 aliphatic carbocycles. The van der Waals surface area contributed by atoms with Crippen LogP contribution >= 0.6 is 11.6 Å². The summed E-state index contributed by atoms with van der Waals surface area (Å²) in [6, 6.07) is 8.15. The molecular formula is C23H24ClFN4O3. The molecule has 3 heterocycles. The van der Waals surface area contributed by atoms with E-state index in [1.54, 1.807) is 34.1 Å². The number of aromatic nitrogens is 2. The molecule has 0 bridgehead atoms. The maximum Gasteiger partial charge on any atom is 0.410 e. The van der Waals surface area contributed by atoms with Crippen molar-refractivity contribution in [3.63, 3.8) is 0 Å². The van der Waals surface area contributed by atoms with E-state index in [0.717, 1.165) is 0 Å². The van der Waals surface area contributed by atoms with Crippen LogP contribution < -0.4 is 10.5 Å². The third-order valence-corrected chi connectivity index (χ3v) is 5.53. The quantitative estimate of drug-likeness (QED) is 0.614. The lowest BCUT2D eigenvalue weighted by atomic mass is 10.1. The first-order valence-corrected chi connectivity index (χ1v) is 10.7. The summed E-state index contributed by atoms with van der Waals surface area (Å²) in [4.78, 5) is 35.1. The van der Waals surface area contributed by atoms with Crippen LogP contribution in [0.3, 0.4) is 0 Å². The summed E-state index contributed by atoms with van der Waals surface area (Å²) >= 11 is 6.23. The van der Waals surface area contributed by atoms with Gasteiger partial charge in [0, 0.05) is 53.7 Å². The maximum absolute atomic E-state index is 15.0. The number of carbonyl (C=O) groups is 1. The lowest BCUT2D eigenvalue weighted by Gasteiger charge is -2.36. The van der Waals surface area contributed by atoms with Crippen molar-refractivity contribution in [3.05, 3.63) is 57.7 Å². The highest BCUT2D eigenvalue weighted by molar-refractivity contribution is 6.35. The fourth-order valence-corrected chi connectivity index (χ4v) is 3.87. The zero-order valence-electron chi connectivity index (χ0n) is 18.1. The van der Waals surface area contributed by atoms with Crippen LogP contribution in [0.5, 0.6) is 0 Å².